The van der Waals surface area contributed by atoms with Crippen LogP contribution in [0.3, 0.4) is 0 Å². The summed E-state index contributed by atoms with van der Waals surface area (Å²) < 4.78 is 41.8. The summed E-state index contributed by atoms with van der Waals surface area (Å²) in [5, 5.41) is 11.2. The molecule has 246 valence electrons. The molecule has 0 aliphatic heterocycles. The lowest BCUT2D eigenvalue weighted by Gasteiger charge is -2.28. The monoisotopic (exact) mass is 660 g/mol. The van der Waals surface area contributed by atoms with Gasteiger partial charge in [-0.05, 0) is 93.2 Å². The third-order valence-corrected chi connectivity index (χ3v) is 9.67. The minimum absolute atomic E-state index is 0.0581. The summed E-state index contributed by atoms with van der Waals surface area (Å²) >= 11 is 1.48. The van der Waals surface area contributed by atoms with E-state index in [1.54, 1.807) is 72.0 Å². The van der Waals surface area contributed by atoms with E-state index in [4.69, 9.17) is 14.5 Å². The Morgan fingerprint density at radius 2 is 1.73 bits per heavy atom. The number of aromatic nitrogens is 3. The molecule has 1 fully saturated rings. The van der Waals surface area contributed by atoms with Crippen molar-refractivity contribution in [2.75, 3.05) is 5.32 Å². The molecular weight excluding hydrogens is 617 g/mol. The van der Waals surface area contributed by atoms with Gasteiger partial charge in [0.1, 0.15) is 5.60 Å². The average Bonchev–Trinajstić information content (AvgIpc) is 3.57. The Labute approximate surface area is 269 Å². The van der Waals surface area contributed by atoms with Crippen molar-refractivity contribution in [1.82, 2.24) is 24.8 Å². The minimum Gasteiger partial charge on any atom is -0.447 e. The van der Waals surface area contributed by atoms with Gasteiger partial charge in [0.05, 0.1) is 20.9 Å². The molecule has 2 heterocycles. The molecule has 45 heavy (non-hydrogen) atoms. The lowest BCUT2D eigenvalue weighted by Crippen LogP contribution is -2.40. The van der Waals surface area contributed by atoms with Crippen molar-refractivity contribution in [2.45, 2.75) is 115 Å². The molecule has 0 spiro atoms. The first-order valence-corrected chi connectivity index (χ1v) is 17.4. The molecule has 0 atom stereocenters. The van der Waals surface area contributed by atoms with Crippen LogP contribution < -0.4 is 15.4 Å². The summed E-state index contributed by atoms with van der Waals surface area (Å²) in [7, 11) is -3.95. The number of hydrogen-bond acceptors (Lipinski definition) is 10. The van der Waals surface area contributed by atoms with Gasteiger partial charge in [0.25, 0.3) is 0 Å². The fourth-order valence-corrected chi connectivity index (χ4v) is 7.79. The number of carbonyl (C=O) groups is 2. The second kappa shape index (κ2) is 13.5. The first-order chi connectivity index (χ1) is 20.9. The van der Waals surface area contributed by atoms with Crippen LogP contribution in [0.15, 0.2) is 41.6 Å². The van der Waals surface area contributed by atoms with Gasteiger partial charge in [-0.1, -0.05) is 6.07 Å². The van der Waals surface area contributed by atoms with Crippen LogP contribution in [0.2, 0.25) is 0 Å². The topological polar surface area (TPSA) is 154 Å². The maximum Gasteiger partial charge on any atom is 0.435 e. The van der Waals surface area contributed by atoms with Gasteiger partial charge in [-0.25, -0.2) is 27.7 Å². The second-order valence-electron chi connectivity index (χ2n) is 13.5. The number of hydrogen-bond donors (Lipinski definition) is 3. The zero-order valence-electron chi connectivity index (χ0n) is 27.1. The number of thiazole rings is 1. The van der Waals surface area contributed by atoms with Crippen LogP contribution in [-0.2, 0) is 19.5 Å². The Balaban J connectivity index is 1.55. The Morgan fingerprint density at radius 1 is 1.04 bits per heavy atom. The van der Waals surface area contributed by atoms with E-state index in [-0.39, 0.29) is 23.0 Å². The summed E-state index contributed by atoms with van der Waals surface area (Å²) in [5.74, 6) is 0.570. The fraction of sp³-hybridized carbons (Fsp3) is 0.548. The molecule has 2 aromatic heterocycles. The van der Waals surface area contributed by atoms with Gasteiger partial charge >= 0.3 is 12.2 Å². The van der Waals surface area contributed by atoms with Crippen LogP contribution in [-0.4, -0.2) is 58.7 Å². The molecule has 12 nitrogen and oxygen atoms in total. The number of benzene rings is 1. The van der Waals surface area contributed by atoms with E-state index in [9.17, 15) is 18.0 Å². The summed E-state index contributed by atoms with van der Waals surface area (Å²) in [4.78, 5) is 29.9. The van der Waals surface area contributed by atoms with Crippen LogP contribution >= 0.6 is 11.3 Å². The number of rotatable bonds is 8. The highest BCUT2D eigenvalue weighted by Crippen LogP contribution is 2.40. The lowest BCUT2D eigenvalue weighted by molar-refractivity contribution is 0.0514. The SMILES string of the molecule is CC(C)OC(=O)N[C@H]1CC[C@H](c2ncc(-c3ccc(Nc4ccn(C(=O)OC(C)(C)C)n4)cc3S(=O)(=O)NC(C)(C)C)s2)CC1. The van der Waals surface area contributed by atoms with Crippen molar-refractivity contribution in [3.05, 3.63) is 41.7 Å². The van der Waals surface area contributed by atoms with E-state index in [1.165, 1.54) is 17.5 Å². The maximum atomic E-state index is 13.7. The largest absolute Gasteiger partial charge is 0.447 e. The first-order valence-electron chi connectivity index (χ1n) is 15.1. The highest BCUT2D eigenvalue weighted by Gasteiger charge is 2.29. The molecule has 14 heteroatoms. The Hall–Kier alpha value is -3.49. The number of anilines is 2. The van der Waals surface area contributed by atoms with Crippen LogP contribution in [0.4, 0.5) is 21.1 Å². The van der Waals surface area contributed by atoms with Gasteiger partial charge in [0.2, 0.25) is 10.0 Å². The average molecular weight is 661 g/mol. The van der Waals surface area contributed by atoms with Gasteiger partial charge in [0.15, 0.2) is 5.82 Å². The third-order valence-electron chi connectivity index (χ3n) is 6.68. The molecule has 0 unspecified atom stereocenters. The van der Waals surface area contributed by atoms with E-state index in [0.717, 1.165) is 40.2 Å². The number of alkyl carbamates (subject to hydrolysis) is 1. The second-order valence-corrected chi connectivity index (χ2v) is 16.2. The van der Waals surface area contributed by atoms with Gasteiger partial charge < -0.3 is 20.1 Å². The summed E-state index contributed by atoms with van der Waals surface area (Å²) in [5.41, 5.74) is -0.369. The molecule has 3 aromatic rings. The zero-order chi connectivity index (χ0) is 33.2. The van der Waals surface area contributed by atoms with Crippen molar-refractivity contribution >= 4 is 45.1 Å². The van der Waals surface area contributed by atoms with E-state index >= 15 is 0 Å². The Bertz CT molecular complexity index is 1610. The van der Waals surface area contributed by atoms with Crippen LogP contribution in [0.1, 0.15) is 92.0 Å². The van der Waals surface area contributed by atoms with Gasteiger partial charge in [-0.15, -0.1) is 16.4 Å². The van der Waals surface area contributed by atoms with Crippen molar-refractivity contribution < 1.29 is 27.5 Å². The molecule has 1 aliphatic carbocycles. The highest BCUT2D eigenvalue weighted by atomic mass is 32.2. The van der Waals surface area contributed by atoms with E-state index in [2.05, 4.69) is 20.5 Å². The summed E-state index contributed by atoms with van der Waals surface area (Å²) in [6, 6.07) is 6.74. The molecule has 0 bridgehead atoms. The number of nitrogens with one attached hydrogen (secondary N) is 3. The summed E-state index contributed by atoms with van der Waals surface area (Å²) in [6.45, 7) is 14.3. The molecule has 0 radical (unpaired) electrons. The predicted octanol–water partition coefficient (Wildman–Crippen LogP) is 6.77. The lowest BCUT2D eigenvalue weighted by atomic mass is 9.86. The van der Waals surface area contributed by atoms with Crippen LogP contribution in [0.5, 0.6) is 0 Å². The summed E-state index contributed by atoms with van der Waals surface area (Å²) in [6.07, 6.45) is 5.35. The van der Waals surface area contributed by atoms with Gasteiger partial charge in [-0.2, -0.15) is 4.68 Å². The Kier molecular flexibility index (Phi) is 10.3. The third kappa shape index (κ3) is 9.75. The van der Waals surface area contributed by atoms with E-state index in [0.29, 0.717) is 17.1 Å². The number of carbonyl (C=O) groups excluding carboxylic acids is 2. The quantitative estimate of drug-likeness (QED) is 0.237. The van der Waals surface area contributed by atoms with E-state index < -0.39 is 33.3 Å². The normalized spacial score (nSPS) is 17.6. The maximum absolute atomic E-state index is 13.7. The standard InChI is InChI=1S/C31H44N6O6S2/c1-19(2)42-28(38)34-21-11-9-20(10-12-21)27-32-18-24(44-27)23-14-13-22(17-25(23)45(40,41)36-30(3,4)5)33-26-15-16-37(35-26)29(39)43-31(6,7)8/h13-21,36H,9-12H2,1-8H3,(H,33,35)(H,34,38)/t20-,21-. The number of amides is 1. The number of nitrogens with zero attached hydrogens (tertiary/aromatic N) is 3. The number of sulfonamides is 1. The van der Waals surface area contributed by atoms with E-state index in [1.807, 2.05) is 13.8 Å². The molecule has 1 amide bonds. The van der Waals surface area contributed by atoms with Crippen molar-refractivity contribution in [2.24, 2.45) is 0 Å². The first kappa shape index (κ1) is 34.4. The molecule has 0 saturated heterocycles. The van der Waals surface area contributed by atoms with Crippen LogP contribution in [0, 0.1) is 0 Å². The minimum atomic E-state index is -3.95. The zero-order valence-corrected chi connectivity index (χ0v) is 28.8. The number of ether oxygens (including phenoxy) is 2. The highest BCUT2D eigenvalue weighted by molar-refractivity contribution is 7.89. The fourth-order valence-electron chi connectivity index (χ4n) is 4.93. The van der Waals surface area contributed by atoms with Gasteiger partial charge in [-0.3, -0.25) is 0 Å². The predicted molar refractivity (Wildman–Crippen MR) is 175 cm³/mol. The van der Waals surface area contributed by atoms with Crippen molar-refractivity contribution in [3.8, 4) is 10.4 Å². The van der Waals surface area contributed by atoms with Gasteiger partial charge in [0, 0.05) is 47.2 Å². The molecule has 1 saturated carbocycles. The van der Waals surface area contributed by atoms with Crippen LogP contribution in [0.25, 0.3) is 10.4 Å². The molecule has 4 rings (SSSR count). The van der Waals surface area contributed by atoms with Crippen molar-refractivity contribution in [3.63, 3.8) is 0 Å². The smallest absolute Gasteiger partial charge is 0.435 e. The molecule has 1 aliphatic rings. The van der Waals surface area contributed by atoms with Crippen molar-refractivity contribution in [1.29, 1.82) is 0 Å². The Morgan fingerprint density at radius 3 is 2.36 bits per heavy atom. The molecule has 3 N–H and O–H groups in total. The molecular formula is C31H44N6O6S2. The molecule has 1 aromatic carbocycles.